The van der Waals surface area contributed by atoms with E-state index in [4.69, 9.17) is 32.7 Å². The first-order valence-corrected chi connectivity index (χ1v) is 11.4. The second-order valence-electron chi connectivity index (χ2n) is 7.89. The van der Waals surface area contributed by atoms with Gasteiger partial charge in [-0.1, -0.05) is 23.2 Å². The number of benzene rings is 2. The Kier molecular flexibility index (Phi) is 7.92. The summed E-state index contributed by atoms with van der Waals surface area (Å²) >= 11 is 11.9. The monoisotopic (exact) mass is 490 g/mol. The summed E-state index contributed by atoms with van der Waals surface area (Å²) < 4.78 is 10.4. The van der Waals surface area contributed by atoms with Gasteiger partial charge in [-0.05, 0) is 75.2 Å². The molecule has 2 atom stereocenters. The van der Waals surface area contributed by atoms with Gasteiger partial charge in [-0.15, -0.1) is 0 Å². The number of esters is 2. The number of Topliss-reactive ketones (excluding diaryl/α,β-unsaturated/α-hetero) is 2. The summed E-state index contributed by atoms with van der Waals surface area (Å²) in [6.07, 6.45) is -0.369. The Morgan fingerprint density at radius 2 is 1.06 bits per heavy atom. The van der Waals surface area contributed by atoms with Crippen molar-refractivity contribution in [2.75, 3.05) is 13.2 Å². The van der Waals surface area contributed by atoms with E-state index >= 15 is 0 Å². The minimum atomic E-state index is -1.74. The molecule has 6 nitrogen and oxygen atoms in total. The lowest BCUT2D eigenvalue weighted by atomic mass is 9.83. The van der Waals surface area contributed by atoms with E-state index in [9.17, 15) is 19.2 Å². The highest BCUT2D eigenvalue weighted by molar-refractivity contribution is 6.31. The van der Waals surface area contributed by atoms with Gasteiger partial charge in [0.05, 0.1) is 13.2 Å². The fourth-order valence-electron chi connectivity index (χ4n) is 4.28. The lowest BCUT2D eigenvalue weighted by Crippen LogP contribution is -2.40. The van der Waals surface area contributed by atoms with Crippen molar-refractivity contribution < 1.29 is 28.7 Å². The predicted octanol–water partition coefficient (Wildman–Crippen LogP) is 5.20. The summed E-state index contributed by atoms with van der Waals surface area (Å²) in [6, 6.07) is 12.5. The lowest BCUT2D eigenvalue weighted by Gasteiger charge is -2.24. The number of carbonyl (C=O) groups is 4. The molecule has 0 saturated heterocycles. The Morgan fingerprint density at radius 3 is 1.36 bits per heavy atom. The lowest BCUT2D eigenvalue weighted by molar-refractivity contribution is -0.171. The van der Waals surface area contributed by atoms with Crippen molar-refractivity contribution in [1.82, 2.24) is 0 Å². The van der Waals surface area contributed by atoms with Crippen molar-refractivity contribution in [3.8, 4) is 0 Å². The number of ether oxygens (including phenoxy) is 2. The van der Waals surface area contributed by atoms with E-state index in [1.54, 1.807) is 62.4 Å². The number of carbonyl (C=O) groups excluding carboxylic acids is 4. The Hall–Kier alpha value is -2.70. The maximum Gasteiger partial charge on any atom is 0.323 e. The highest BCUT2D eigenvalue weighted by Crippen LogP contribution is 2.50. The first-order chi connectivity index (χ1) is 15.7. The molecule has 3 rings (SSSR count). The van der Waals surface area contributed by atoms with Crippen LogP contribution in [0, 0.1) is 17.3 Å². The van der Waals surface area contributed by atoms with Crippen molar-refractivity contribution in [3.63, 3.8) is 0 Å². The van der Waals surface area contributed by atoms with Crippen molar-refractivity contribution in [2.24, 2.45) is 17.3 Å². The fraction of sp³-hybridized carbons (Fsp3) is 0.360. The van der Waals surface area contributed by atoms with Gasteiger partial charge in [0.2, 0.25) is 0 Å². The van der Waals surface area contributed by atoms with Crippen LogP contribution in [-0.2, 0) is 19.1 Å². The zero-order valence-electron chi connectivity index (χ0n) is 18.3. The van der Waals surface area contributed by atoms with Crippen molar-refractivity contribution in [2.45, 2.75) is 26.7 Å². The Balaban J connectivity index is 2.07. The van der Waals surface area contributed by atoms with Crippen LogP contribution in [0.1, 0.15) is 47.4 Å². The number of hydrogen-bond acceptors (Lipinski definition) is 6. The molecule has 2 aromatic rings. The third kappa shape index (κ3) is 5.12. The first-order valence-electron chi connectivity index (χ1n) is 10.7. The minimum absolute atomic E-state index is 0.0472. The number of ketones is 2. The first kappa shape index (κ1) is 24.9. The van der Waals surface area contributed by atoms with E-state index in [0.29, 0.717) is 21.2 Å². The summed E-state index contributed by atoms with van der Waals surface area (Å²) in [4.78, 5) is 53.0. The molecule has 0 aliphatic heterocycles. The molecule has 8 heteroatoms. The molecular weight excluding hydrogens is 467 g/mol. The molecule has 1 fully saturated rings. The van der Waals surface area contributed by atoms with Crippen molar-refractivity contribution >= 4 is 46.7 Å². The predicted molar refractivity (Wildman–Crippen MR) is 123 cm³/mol. The molecule has 0 bridgehead atoms. The number of halogens is 2. The highest BCUT2D eigenvalue weighted by Gasteiger charge is 2.60. The summed E-state index contributed by atoms with van der Waals surface area (Å²) in [6.45, 7) is 3.34. The van der Waals surface area contributed by atoms with Crippen LogP contribution in [0.4, 0.5) is 0 Å². The smallest absolute Gasteiger partial charge is 0.323 e. The summed E-state index contributed by atoms with van der Waals surface area (Å²) in [5, 5.41) is 0.915. The largest absolute Gasteiger partial charge is 0.465 e. The van der Waals surface area contributed by atoms with E-state index in [1.807, 2.05) is 0 Å². The van der Waals surface area contributed by atoms with Gasteiger partial charge in [-0.25, -0.2) is 0 Å². The van der Waals surface area contributed by atoms with Gasteiger partial charge in [0.25, 0.3) is 0 Å². The third-order valence-corrected chi connectivity index (χ3v) is 6.39. The average Bonchev–Trinajstić information content (AvgIpc) is 3.22. The number of rotatable bonds is 8. The third-order valence-electron chi connectivity index (χ3n) is 5.89. The van der Waals surface area contributed by atoms with Crippen LogP contribution in [0.3, 0.4) is 0 Å². The molecule has 0 unspecified atom stereocenters. The van der Waals surface area contributed by atoms with Crippen LogP contribution < -0.4 is 0 Å². The van der Waals surface area contributed by atoms with Gasteiger partial charge in [0, 0.05) is 33.0 Å². The Labute approximate surface area is 202 Å². The van der Waals surface area contributed by atoms with E-state index in [1.165, 1.54) is 0 Å². The molecule has 0 radical (unpaired) electrons. The van der Waals surface area contributed by atoms with E-state index in [2.05, 4.69) is 0 Å². The molecule has 0 amide bonds. The van der Waals surface area contributed by atoms with Crippen LogP contribution in [0.15, 0.2) is 48.5 Å². The van der Waals surface area contributed by atoms with Crippen molar-refractivity contribution in [3.05, 3.63) is 69.7 Å². The van der Waals surface area contributed by atoms with Gasteiger partial charge in [-0.2, -0.15) is 0 Å². The van der Waals surface area contributed by atoms with E-state index < -0.39 is 29.2 Å². The molecule has 2 aromatic carbocycles. The molecule has 1 saturated carbocycles. The molecule has 0 aromatic heterocycles. The van der Waals surface area contributed by atoms with E-state index in [-0.39, 0.29) is 37.6 Å². The highest BCUT2D eigenvalue weighted by atomic mass is 35.5. The molecule has 1 aliphatic rings. The summed E-state index contributed by atoms with van der Waals surface area (Å²) in [7, 11) is 0. The number of hydrogen-bond donors (Lipinski definition) is 0. The second-order valence-corrected chi connectivity index (χ2v) is 8.76. The normalized spacial score (nSPS) is 19.0. The molecular formula is C25H24Cl2O6. The van der Waals surface area contributed by atoms with Crippen LogP contribution in [0.5, 0.6) is 0 Å². The van der Waals surface area contributed by atoms with Gasteiger partial charge in [0.15, 0.2) is 17.0 Å². The van der Waals surface area contributed by atoms with Crippen LogP contribution in [0.25, 0.3) is 0 Å². The summed E-state index contributed by atoms with van der Waals surface area (Å²) in [5.41, 5.74) is -1.07. The van der Waals surface area contributed by atoms with Crippen LogP contribution in [-0.4, -0.2) is 36.7 Å². The zero-order valence-corrected chi connectivity index (χ0v) is 19.8. The molecule has 33 heavy (non-hydrogen) atoms. The fourth-order valence-corrected chi connectivity index (χ4v) is 4.53. The minimum Gasteiger partial charge on any atom is -0.465 e. The van der Waals surface area contributed by atoms with E-state index in [0.717, 1.165) is 0 Å². The maximum atomic E-state index is 13.5. The quantitative estimate of drug-likeness (QED) is 0.287. The van der Waals surface area contributed by atoms with Crippen LogP contribution in [0.2, 0.25) is 10.0 Å². The SMILES string of the molecule is CCOC(=O)C1(C(=O)OCC)C[C@H](C(=O)c2ccc(Cl)cc2)[C@@H](C(=O)c2ccc(Cl)cc2)C1. The van der Waals surface area contributed by atoms with Crippen molar-refractivity contribution in [1.29, 1.82) is 0 Å². The molecule has 0 spiro atoms. The average molecular weight is 491 g/mol. The Bertz CT molecular complexity index is 960. The van der Waals surface area contributed by atoms with Gasteiger partial charge >= 0.3 is 11.9 Å². The van der Waals surface area contributed by atoms with Gasteiger partial charge in [-0.3, -0.25) is 19.2 Å². The molecule has 0 N–H and O–H groups in total. The summed E-state index contributed by atoms with van der Waals surface area (Å²) in [5.74, 6) is -4.14. The van der Waals surface area contributed by atoms with Gasteiger partial charge < -0.3 is 9.47 Å². The molecule has 0 heterocycles. The van der Waals surface area contributed by atoms with Crippen LogP contribution >= 0.6 is 23.2 Å². The molecule has 1 aliphatic carbocycles. The molecule has 174 valence electrons. The standard InChI is InChI=1S/C25H24Cl2O6/c1-3-32-23(30)25(24(31)33-4-2)13-19(21(28)15-5-9-17(26)10-6-15)20(14-25)22(29)16-7-11-18(27)12-8-16/h5-12,19-20H,3-4,13-14H2,1-2H3/t19-,20-/m0/s1. The maximum absolute atomic E-state index is 13.5. The Morgan fingerprint density at radius 1 is 0.727 bits per heavy atom. The topological polar surface area (TPSA) is 86.7 Å². The van der Waals surface area contributed by atoms with Gasteiger partial charge in [0.1, 0.15) is 0 Å². The zero-order chi connectivity index (χ0) is 24.2. The second kappa shape index (κ2) is 10.5.